The topological polar surface area (TPSA) is 83.6 Å². The van der Waals surface area contributed by atoms with Gasteiger partial charge < -0.3 is 5.32 Å². The van der Waals surface area contributed by atoms with Gasteiger partial charge in [0.05, 0.1) is 16.4 Å². The molecule has 0 aliphatic carbocycles. The fourth-order valence-electron chi connectivity index (χ4n) is 2.49. The van der Waals surface area contributed by atoms with Crippen molar-refractivity contribution in [3.8, 4) is 0 Å². The Bertz CT molecular complexity index is 1100. The number of aldehydes is 1. The number of H-pyrrole nitrogens is 1. The zero-order chi connectivity index (χ0) is 21.0. The van der Waals surface area contributed by atoms with Gasteiger partial charge in [0, 0.05) is 16.5 Å². The third-order valence-corrected chi connectivity index (χ3v) is 5.54. The van der Waals surface area contributed by atoms with E-state index in [9.17, 15) is 9.18 Å². The number of aromatic amines is 1. The fraction of sp³-hybridized carbons (Fsp3) is 0.238. The number of hydrogen-bond acceptors (Lipinski definition) is 6. The molecule has 0 aliphatic heterocycles. The lowest BCUT2D eigenvalue weighted by Crippen LogP contribution is -2.07. The summed E-state index contributed by atoms with van der Waals surface area (Å²) in [7, 11) is 0. The standard InChI is InChI=1S/C14H17N5S.C7H5FO/c1-8-16-9-7-10(14(2,3)4)20-12(9)13(17-8)18-11-5-6-15-19-11;8-7-3-1-6(5-9)2-4-7/h5-7H,1-4H3,(H2,15,16,17,18,19);1-5H. The molecule has 3 aromatic heterocycles. The number of carbonyl (C=O) groups excluding carboxylic acids is 1. The molecule has 29 heavy (non-hydrogen) atoms. The van der Waals surface area contributed by atoms with Gasteiger partial charge in [-0.2, -0.15) is 5.10 Å². The van der Waals surface area contributed by atoms with Crippen LogP contribution in [-0.4, -0.2) is 26.5 Å². The predicted octanol–water partition coefficient (Wildman–Crippen LogP) is 5.40. The van der Waals surface area contributed by atoms with E-state index in [2.05, 4.69) is 52.3 Å². The Morgan fingerprint density at radius 1 is 1.14 bits per heavy atom. The summed E-state index contributed by atoms with van der Waals surface area (Å²) in [5.74, 6) is 2.10. The highest BCUT2D eigenvalue weighted by molar-refractivity contribution is 7.19. The van der Waals surface area contributed by atoms with E-state index in [1.54, 1.807) is 17.5 Å². The van der Waals surface area contributed by atoms with Crippen molar-refractivity contribution >= 4 is 39.5 Å². The van der Waals surface area contributed by atoms with Crippen molar-refractivity contribution in [2.24, 2.45) is 0 Å². The number of nitrogens with zero attached hydrogens (tertiary/aromatic N) is 3. The zero-order valence-corrected chi connectivity index (χ0v) is 17.5. The largest absolute Gasteiger partial charge is 0.324 e. The highest BCUT2D eigenvalue weighted by atomic mass is 32.1. The number of nitrogens with one attached hydrogen (secondary N) is 2. The Kier molecular flexibility index (Phi) is 6.03. The Labute approximate surface area is 172 Å². The SMILES string of the molecule is Cc1nc(Nc2ccn[nH]2)c2sc(C(C)(C)C)cc2n1.O=Cc1ccc(F)cc1. The minimum Gasteiger partial charge on any atom is -0.324 e. The first-order valence-electron chi connectivity index (χ1n) is 9.02. The quantitative estimate of drug-likeness (QED) is 0.441. The molecule has 150 valence electrons. The van der Waals surface area contributed by atoms with E-state index < -0.39 is 0 Å². The highest BCUT2D eigenvalue weighted by Gasteiger charge is 2.19. The minimum absolute atomic E-state index is 0.116. The maximum Gasteiger partial charge on any atom is 0.153 e. The number of fused-ring (bicyclic) bond motifs is 1. The first-order chi connectivity index (χ1) is 13.8. The number of halogens is 1. The number of anilines is 2. The van der Waals surface area contributed by atoms with Crippen molar-refractivity contribution in [3.63, 3.8) is 0 Å². The van der Waals surface area contributed by atoms with Crippen molar-refractivity contribution in [3.05, 3.63) is 64.7 Å². The second kappa shape index (κ2) is 8.48. The summed E-state index contributed by atoms with van der Waals surface area (Å²) in [6.07, 6.45) is 2.39. The van der Waals surface area contributed by atoms with E-state index in [1.165, 1.54) is 29.1 Å². The molecule has 4 rings (SSSR count). The van der Waals surface area contributed by atoms with E-state index in [0.29, 0.717) is 11.8 Å². The lowest BCUT2D eigenvalue weighted by Gasteiger charge is -2.14. The second-order valence-corrected chi connectivity index (χ2v) is 8.51. The van der Waals surface area contributed by atoms with Crippen molar-refractivity contribution < 1.29 is 9.18 Å². The number of benzene rings is 1. The van der Waals surface area contributed by atoms with Crippen LogP contribution >= 0.6 is 11.3 Å². The minimum atomic E-state index is -0.319. The number of rotatable bonds is 3. The van der Waals surface area contributed by atoms with E-state index in [0.717, 1.165) is 27.7 Å². The van der Waals surface area contributed by atoms with Crippen LogP contribution in [0.5, 0.6) is 0 Å². The van der Waals surface area contributed by atoms with Gasteiger partial charge in [0.25, 0.3) is 0 Å². The number of aromatic nitrogens is 4. The Balaban J connectivity index is 0.000000224. The normalized spacial score (nSPS) is 11.1. The van der Waals surface area contributed by atoms with E-state index in [-0.39, 0.29) is 11.2 Å². The van der Waals surface area contributed by atoms with Crippen LogP contribution in [0.15, 0.2) is 42.6 Å². The smallest absolute Gasteiger partial charge is 0.153 e. The summed E-state index contributed by atoms with van der Waals surface area (Å²) in [5.41, 5.74) is 1.61. The molecule has 8 heteroatoms. The van der Waals surface area contributed by atoms with Crippen LogP contribution in [0.2, 0.25) is 0 Å². The number of thiophene rings is 1. The van der Waals surface area contributed by atoms with Gasteiger partial charge >= 0.3 is 0 Å². The van der Waals surface area contributed by atoms with Crippen LogP contribution in [0.4, 0.5) is 16.0 Å². The molecule has 1 aromatic carbocycles. The van der Waals surface area contributed by atoms with Crippen molar-refractivity contribution in [1.29, 1.82) is 0 Å². The highest BCUT2D eigenvalue weighted by Crippen LogP contribution is 2.37. The predicted molar refractivity (Wildman–Crippen MR) is 115 cm³/mol. The molecule has 4 aromatic rings. The maximum atomic E-state index is 12.1. The van der Waals surface area contributed by atoms with Crippen LogP contribution in [0.3, 0.4) is 0 Å². The van der Waals surface area contributed by atoms with Crippen LogP contribution < -0.4 is 5.32 Å². The average molecular weight is 412 g/mol. The molecule has 0 fully saturated rings. The van der Waals surface area contributed by atoms with Gasteiger partial charge in [0.15, 0.2) is 5.82 Å². The van der Waals surface area contributed by atoms with Gasteiger partial charge in [-0.1, -0.05) is 20.8 Å². The summed E-state index contributed by atoms with van der Waals surface area (Å²) in [6.45, 7) is 8.53. The molecule has 0 unspecified atom stereocenters. The maximum absolute atomic E-state index is 12.1. The van der Waals surface area contributed by atoms with Gasteiger partial charge in [-0.3, -0.25) is 9.89 Å². The average Bonchev–Trinajstić information content (AvgIpc) is 3.32. The summed E-state index contributed by atoms with van der Waals surface area (Å²) < 4.78 is 13.2. The molecule has 0 amide bonds. The van der Waals surface area contributed by atoms with Crippen molar-refractivity contribution in [2.75, 3.05) is 5.32 Å². The lowest BCUT2D eigenvalue weighted by atomic mass is 9.95. The molecular formula is C21H22FN5OS. The number of carbonyl (C=O) groups is 1. The Morgan fingerprint density at radius 3 is 2.45 bits per heavy atom. The summed E-state index contributed by atoms with van der Waals surface area (Å²) in [6, 6.07) is 9.41. The van der Waals surface area contributed by atoms with Gasteiger partial charge in [0.1, 0.15) is 23.7 Å². The van der Waals surface area contributed by atoms with E-state index >= 15 is 0 Å². The van der Waals surface area contributed by atoms with E-state index in [1.807, 2.05) is 13.0 Å². The molecule has 6 nitrogen and oxygen atoms in total. The fourth-order valence-corrected chi connectivity index (χ4v) is 3.59. The third-order valence-electron chi connectivity index (χ3n) is 3.98. The Morgan fingerprint density at radius 2 is 1.86 bits per heavy atom. The third kappa shape index (κ3) is 5.23. The summed E-state index contributed by atoms with van der Waals surface area (Å²) in [4.78, 5) is 20.3. The van der Waals surface area contributed by atoms with Crippen molar-refractivity contribution in [1.82, 2.24) is 20.2 Å². The molecule has 0 radical (unpaired) electrons. The van der Waals surface area contributed by atoms with Crippen molar-refractivity contribution in [2.45, 2.75) is 33.1 Å². The summed E-state index contributed by atoms with van der Waals surface area (Å²) in [5, 5.41) is 10.1. The van der Waals surface area contributed by atoms with Gasteiger partial charge in [-0.15, -0.1) is 11.3 Å². The molecule has 3 heterocycles. The number of aryl methyl sites for hydroxylation is 1. The molecular weight excluding hydrogens is 389 g/mol. The molecule has 0 spiro atoms. The molecule has 2 N–H and O–H groups in total. The van der Waals surface area contributed by atoms with Crippen LogP contribution in [-0.2, 0) is 5.41 Å². The first kappa shape index (κ1) is 20.6. The molecule has 0 saturated heterocycles. The first-order valence-corrected chi connectivity index (χ1v) is 9.84. The second-order valence-electron chi connectivity index (χ2n) is 7.46. The lowest BCUT2D eigenvalue weighted by molar-refractivity contribution is 0.112. The van der Waals surface area contributed by atoms with Crippen LogP contribution in [0, 0.1) is 12.7 Å². The van der Waals surface area contributed by atoms with Crippen LogP contribution in [0.25, 0.3) is 10.2 Å². The molecule has 0 atom stereocenters. The molecule has 0 aliphatic rings. The zero-order valence-electron chi connectivity index (χ0n) is 16.7. The van der Waals surface area contributed by atoms with Gasteiger partial charge in [0.2, 0.25) is 0 Å². The van der Waals surface area contributed by atoms with Gasteiger partial charge in [-0.05, 0) is 42.7 Å². The Hall–Kier alpha value is -3.13. The molecule has 0 bridgehead atoms. The monoisotopic (exact) mass is 411 g/mol. The number of hydrogen-bond donors (Lipinski definition) is 2. The van der Waals surface area contributed by atoms with Gasteiger partial charge in [-0.25, -0.2) is 14.4 Å². The van der Waals surface area contributed by atoms with E-state index in [4.69, 9.17) is 0 Å². The molecule has 0 saturated carbocycles. The van der Waals surface area contributed by atoms with Crippen LogP contribution in [0.1, 0.15) is 41.8 Å². The summed E-state index contributed by atoms with van der Waals surface area (Å²) >= 11 is 1.74.